The highest BCUT2D eigenvalue weighted by atomic mass is 19.1. The van der Waals surface area contributed by atoms with E-state index in [4.69, 9.17) is 4.74 Å². The van der Waals surface area contributed by atoms with Crippen LogP contribution in [0.25, 0.3) is 11.0 Å². The number of likely N-dealkylation sites (N-methyl/N-ethyl adjacent to an activating group) is 1. The molecule has 1 heterocycles. The summed E-state index contributed by atoms with van der Waals surface area (Å²) in [7, 11) is 3.79. The van der Waals surface area contributed by atoms with Gasteiger partial charge in [-0.2, -0.15) is 0 Å². The predicted octanol–water partition coefficient (Wildman–Crippen LogP) is 4.31. The second-order valence-corrected chi connectivity index (χ2v) is 7.50. The molecule has 142 valence electrons. The first-order valence-electron chi connectivity index (χ1n) is 9.61. The summed E-state index contributed by atoms with van der Waals surface area (Å²) >= 11 is 0. The van der Waals surface area contributed by atoms with Crippen molar-refractivity contribution in [2.24, 2.45) is 0 Å². The number of aromatic amines is 1. The maximum absolute atomic E-state index is 14.6. The molecular formula is C22H26FN3O. The molecule has 4 rings (SSSR count). The fraction of sp³-hybridized carbons (Fsp3) is 0.409. The van der Waals surface area contributed by atoms with Gasteiger partial charge < -0.3 is 14.6 Å². The number of aromatic nitrogens is 2. The second kappa shape index (κ2) is 7.69. The maximum Gasteiger partial charge on any atom is 0.127 e. The van der Waals surface area contributed by atoms with Crippen LogP contribution in [-0.4, -0.2) is 42.1 Å². The molecule has 0 fully saturated rings. The van der Waals surface area contributed by atoms with E-state index in [1.807, 2.05) is 0 Å². The minimum Gasteiger partial charge on any atom is -0.496 e. The van der Waals surface area contributed by atoms with Gasteiger partial charge in [-0.25, -0.2) is 9.37 Å². The number of fused-ring (bicyclic) bond motifs is 2. The van der Waals surface area contributed by atoms with Crippen LogP contribution >= 0.6 is 0 Å². The SMILES string of the molecule is COc1ccc(F)c2c1CCC[C@H]2CN(C)CCc1ccc2nc[nH]c2c1. The number of hydrogen-bond donors (Lipinski definition) is 1. The lowest BCUT2D eigenvalue weighted by Crippen LogP contribution is -2.29. The zero-order chi connectivity index (χ0) is 18.8. The molecule has 27 heavy (non-hydrogen) atoms. The lowest BCUT2D eigenvalue weighted by atomic mass is 9.81. The Morgan fingerprint density at radius 1 is 1.30 bits per heavy atom. The van der Waals surface area contributed by atoms with E-state index in [-0.39, 0.29) is 11.7 Å². The van der Waals surface area contributed by atoms with Gasteiger partial charge in [0.05, 0.1) is 24.5 Å². The van der Waals surface area contributed by atoms with E-state index in [0.29, 0.717) is 0 Å². The summed E-state index contributed by atoms with van der Waals surface area (Å²) in [5, 5.41) is 0. The number of hydrogen-bond acceptors (Lipinski definition) is 3. The molecule has 3 aromatic rings. The zero-order valence-corrected chi connectivity index (χ0v) is 16.0. The molecule has 1 atom stereocenters. The average molecular weight is 367 g/mol. The molecule has 1 aliphatic rings. The van der Waals surface area contributed by atoms with Crippen LogP contribution in [0.2, 0.25) is 0 Å². The van der Waals surface area contributed by atoms with E-state index in [1.54, 1.807) is 25.6 Å². The second-order valence-electron chi connectivity index (χ2n) is 7.50. The maximum atomic E-state index is 14.6. The molecule has 0 radical (unpaired) electrons. The molecule has 5 heteroatoms. The number of benzene rings is 2. The van der Waals surface area contributed by atoms with Gasteiger partial charge in [0.2, 0.25) is 0 Å². The largest absolute Gasteiger partial charge is 0.496 e. The van der Waals surface area contributed by atoms with Crippen molar-refractivity contribution < 1.29 is 9.13 Å². The Labute approximate surface area is 159 Å². The Hall–Kier alpha value is -2.40. The van der Waals surface area contributed by atoms with Crippen LogP contribution in [0.1, 0.15) is 35.4 Å². The lowest BCUT2D eigenvalue weighted by molar-refractivity contribution is 0.295. The van der Waals surface area contributed by atoms with Gasteiger partial charge >= 0.3 is 0 Å². The molecule has 0 unspecified atom stereocenters. The number of halogens is 1. The highest BCUT2D eigenvalue weighted by Gasteiger charge is 2.27. The van der Waals surface area contributed by atoms with Gasteiger partial charge in [0, 0.05) is 18.7 Å². The van der Waals surface area contributed by atoms with Gasteiger partial charge in [0.25, 0.3) is 0 Å². The summed E-state index contributed by atoms with van der Waals surface area (Å²) in [4.78, 5) is 9.74. The zero-order valence-electron chi connectivity index (χ0n) is 16.0. The minimum absolute atomic E-state index is 0.0893. The number of imidazole rings is 1. The third kappa shape index (κ3) is 3.69. The first-order chi connectivity index (χ1) is 13.2. The summed E-state index contributed by atoms with van der Waals surface area (Å²) in [5.41, 5.74) is 5.29. The number of nitrogens with zero attached hydrogens (tertiary/aromatic N) is 2. The molecule has 1 aliphatic carbocycles. The summed E-state index contributed by atoms with van der Waals surface area (Å²) in [6, 6.07) is 9.66. The average Bonchev–Trinajstić information content (AvgIpc) is 3.14. The number of nitrogens with one attached hydrogen (secondary N) is 1. The quantitative estimate of drug-likeness (QED) is 0.706. The lowest BCUT2D eigenvalue weighted by Gasteiger charge is -2.30. The van der Waals surface area contributed by atoms with Crippen LogP contribution in [0, 0.1) is 5.82 Å². The molecule has 0 bridgehead atoms. The predicted molar refractivity (Wildman–Crippen MR) is 106 cm³/mol. The van der Waals surface area contributed by atoms with E-state index < -0.39 is 0 Å². The summed E-state index contributed by atoms with van der Waals surface area (Å²) in [6.45, 7) is 1.81. The van der Waals surface area contributed by atoms with Crippen LogP contribution in [-0.2, 0) is 12.8 Å². The van der Waals surface area contributed by atoms with E-state index in [2.05, 4.69) is 40.1 Å². The molecule has 1 N–H and O–H groups in total. The van der Waals surface area contributed by atoms with Gasteiger partial charge in [-0.05, 0) is 74.0 Å². The third-order valence-corrected chi connectivity index (χ3v) is 5.67. The van der Waals surface area contributed by atoms with Crippen molar-refractivity contribution in [3.8, 4) is 5.75 Å². The Kier molecular flexibility index (Phi) is 5.12. The van der Waals surface area contributed by atoms with Gasteiger partial charge in [-0.1, -0.05) is 6.07 Å². The van der Waals surface area contributed by atoms with Crippen molar-refractivity contribution >= 4 is 11.0 Å². The minimum atomic E-state index is -0.0893. The van der Waals surface area contributed by atoms with Gasteiger partial charge in [0.15, 0.2) is 0 Å². The molecule has 0 aliphatic heterocycles. The van der Waals surface area contributed by atoms with E-state index in [0.717, 1.165) is 66.7 Å². The van der Waals surface area contributed by atoms with Crippen LogP contribution in [0.15, 0.2) is 36.7 Å². The summed E-state index contributed by atoms with van der Waals surface area (Å²) < 4.78 is 20.0. The van der Waals surface area contributed by atoms with Crippen LogP contribution in [0.3, 0.4) is 0 Å². The summed E-state index contributed by atoms with van der Waals surface area (Å²) in [6.07, 6.45) is 5.71. The number of H-pyrrole nitrogens is 1. The molecule has 4 nitrogen and oxygen atoms in total. The van der Waals surface area contributed by atoms with Crippen LogP contribution in [0.5, 0.6) is 5.75 Å². The van der Waals surface area contributed by atoms with Crippen molar-refractivity contribution in [1.29, 1.82) is 0 Å². The number of methoxy groups -OCH3 is 1. The normalized spacial score (nSPS) is 16.7. The molecule has 0 amide bonds. The van der Waals surface area contributed by atoms with E-state index in [1.165, 1.54) is 5.56 Å². The topological polar surface area (TPSA) is 41.1 Å². The number of rotatable bonds is 6. The third-order valence-electron chi connectivity index (χ3n) is 5.67. The van der Waals surface area contributed by atoms with Crippen molar-refractivity contribution in [1.82, 2.24) is 14.9 Å². The van der Waals surface area contributed by atoms with E-state index >= 15 is 0 Å². The Bertz CT molecular complexity index is 936. The van der Waals surface area contributed by atoms with Crippen molar-refractivity contribution in [3.05, 3.63) is 59.2 Å². The standard InChI is InChI=1S/C22H26FN3O/c1-26(11-10-15-6-8-19-20(12-15)25-14-24-19)13-16-4-3-5-17-21(27-2)9-7-18(23)22(16)17/h6-9,12,14,16H,3-5,10-11,13H2,1-2H3,(H,24,25)/t16-/m0/s1. The molecule has 0 spiro atoms. The van der Waals surface area contributed by atoms with Gasteiger partial charge in [-0.3, -0.25) is 0 Å². The monoisotopic (exact) mass is 367 g/mol. The molecular weight excluding hydrogens is 341 g/mol. The molecule has 0 saturated heterocycles. The van der Waals surface area contributed by atoms with E-state index in [9.17, 15) is 4.39 Å². The highest BCUT2D eigenvalue weighted by molar-refractivity contribution is 5.75. The smallest absolute Gasteiger partial charge is 0.127 e. The van der Waals surface area contributed by atoms with Crippen molar-refractivity contribution in [2.75, 3.05) is 27.2 Å². The fourth-order valence-corrected chi connectivity index (χ4v) is 4.28. The van der Waals surface area contributed by atoms with Gasteiger partial charge in [-0.15, -0.1) is 0 Å². The van der Waals surface area contributed by atoms with Crippen molar-refractivity contribution in [2.45, 2.75) is 31.6 Å². The van der Waals surface area contributed by atoms with Gasteiger partial charge in [0.1, 0.15) is 11.6 Å². The Morgan fingerprint density at radius 2 is 2.19 bits per heavy atom. The summed E-state index contributed by atoms with van der Waals surface area (Å²) in [5.74, 6) is 0.962. The Morgan fingerprint density at radius 3 is 3.04 bits per heavy atom. The molecule has 1 aromatic heterocycles. The van der Waals surface area contributed by atoms with Crippen LogP contribution < -0.4 is 4.74 Å². The van der Waals surface area contributed by atoms with Crippen molar-refractivity contribution in [3.63, 3.8) is 0 Å². The molecule has 0 saturated carbocycles. The number of ether oxygens (including phenoxy) is 1. The van der Waals surface area contributed by atoms with Crippen LogP contribution in [0.4, 0.5) is 4.39 Å². The first-order valence-corrected chi connectivity index (χ1v) is 9.61. The Balaban J connectivity index is 1.43. The molecule has 2 aromatic carbocycles. The fourth-order valence-electron chi connectivity index (χ4n) is 4.28. The first kappa shape index (κ1) is 18.0. The highest BCUT2D eigenvalue weighted by Crippen LogP contribution is 2.38.